The Labute approximate surface area is 40.5 Å². The predicted molar refractivity (Wildman–Crippen MR) is 29.3 cm³/mol. The van der Waals surface area contributed by atoms with Gasteiger partial charge in [0, 0.05) is 0 Å². The molecule has 3 heteroatoms. The highest BCUT2D eigenvalue weighted by molar-refractivity contribution is 7.16. The summed E-state index contributed by atoms with van der Waals surface area (Å²) < 4.78 is 8.51. The Bertz CT molecular complexity index is 16.3. The van der Waals surface area contributed by atoms with Gasteiger partial charge in [0.25, 0.3) is 0 Å². The van der Waals surface area contributed by atoms with Gasteiger partial charge in [-0.1, -0.05) is 21.3 Å². The average molecular weight is 111 g/mol. The summed E-state index contributed by atoms with van der Waals surface area (Å²) in [6.45, 7) is 4.00. The summed E-state index contributed by atoms with van der Waals surface area (Å²) in [7, 11) is -1.17. The van der Waals surface area contributed by atoms with Gasteiger partial charge >= 0.3 is 8.69 Å². The summed E-state index contributed by atoms with van der Waals surface area (Å²) in [6.07, 6.45) is 0. The van der Waals surface area contributed by atoms with Crippen LogP contribution in [0.3, 0.4) is 0 Å². The summed E-state index contributed by atoms with van der Waals surface area (Å²) >= 11 is 0. The van der Waals surface area contributed by atoms with Crippen molar-refractivity contribution in [3.8, 4) is 0 Å². The minimum atomic E-state index is -1.17. The zero-order valence-corrected chi connectivity index (χ0v) is 4.36. The van der Waals surface area contributed by atoms with Crippen LogP contribution in [-0.4, -0.2) is 4.89 Å². The van der Waals surface area contributed by atoms with Gasteiger partial charge in [-0.3, -0.25) is 0 Å². The molecule has 0 aliphatic heterocycles. The molecule has 40 valence electrons. The van der Waals surface area contributed by atoms with Gasteiger partial charge in [-0.15, -0.1) is 0 Å². The molecule has 0 bridgehead atoms. The van der Waals surface area contributed by atoms with Crippen molar-refractivity contribution in [2.24, 2.45) is 0 Å². The van der Waals surface area contributed by atoms with Crippen LogP contribution in [0.4, 0.5) is 0 Å². The zero-order valence-electron chi connectivity index (χ0n) is 3.36. The molecule has 0 radical (unpaired) electrons. The Morgan fingerprint density at radius 1 is 1.50 bits per heavy atom. The smallest absolute Gasteiger partial charge is 0.162 e. The SMILES string of the molecule is C.CC.O=[PH+]O. The molecule has 1 unspecified atom stereocenters. The highest BCUT2D eigenvalue weighted by atomic mass is 31.1. The van der Waals surface area contributed by atoms with E-state index in [0.717, 1.165) is 0 Å². The molecular formula is C3H12O2P+. The molecular weight excluding hydrogens is 99.0 g/mol. The first-order chi connectivity index (χ1) is 2.41. The van der Waals surface area contributed by atoms with Crippen LogP contribution in [0.1, 0.15) is 21.3 Å². The lowest BCUT2D eigenvalue weighted by atomic mass is 11.0. The molecule has 2 nitrogen and oxygen atoms in total. The summed E-state index contributed by atoms with van der Waals surface area (Å²) in [5.74, 6) is 0. The van der Waals surface area contributed by atoms with E-state index < -0.39 is 8.69 Å². The lowest BCUT2D eigenvalue weighted by molar-refractivity contribution is 0.524. The molecule has 0 saturated carbocycles. The van der Waals surface area contributed by atoms with Crippen LogP contribution in [0, 0.1) is 0 Å². The van der Waals surface area contributed by atoms with Crippen molar-refractivity contribution >= 4 is 8.69 Å². The molecule has 0 aliphatic rings. The lowest BCUT2D eigenvalue weighted by Crippen LogP contribution is -1.03. The second-order valence-corrected chi connectivity index (χ2v) is 0.274. The van der Waals surface area contributed by atoms with E-state index in [0.29, 0.717) is 0 Å². The van der Waals surface area contributed by atoms with Gasteiger partial charge in [-0.2, -0.15) is 4.89 Å². The molecule has 0 rings (SSSR count). The average Bonchev–Trinajstić information content (AvgIpc) is 1.46. The molecule has 0 aliphatic carbocycles. The van der Waals surface area contributed by atoms with Crippen molar-refractivity contribution in [3.05, 3.63) is 0 Å². The van der Waals surface area contributed by atoms with Crippen LogP contribution in [0.25, 0.3) is 0 Å². The third-order valence-corrected chi connectivity index (χ3v) is 0. The first-order valence-electron chi connectivity index (χ1n) is 1.43. The van der Waals surface area contributed by atoms with Crippen molar-refractivity contribution in [2.45, 2.75) is 21.3 Å². The molecule has 0 aromatic carbocycles. The molecule has 1 N–H and O–H groups in total. The molecule has 0 aromatic rings. The second-order valence-electron chi connectivity index (χ2n) is 0.0913. The van der Waals surface area contributed by atoms with Gasteiger partial charge in [-0.25, -0.2) is 0 Å². The lowest BCUT2D eigenvalue weighted by Gasteiger charge is -1.08. The van der Waals surface area contributed by atoms with E-state index in [1.807, 2.05) is 13.8 Å². The van der Waals surface area contributed by atoms with Crippen molar-refractivity contribution in [1.29, 1.82) is 0 Å². The molecule has 0 aromatic heterocycles. The topological polar surface area (TPSA) is 37.3 Å². The highest BCUT2D eigenvalue weighted by Gasteiger charge is 1.45. The molecule has 6 heavy (non-hydrogen) atoms. The third kappa shape index (κ3) is 10600. The number of hydrogen-bond donors (Lipinski definition) is 1. The van der Waals surface area contributed by atoms with E-state index in [9.17, 15) is 0 Å². The van der Waals surface area contributed by atoms with Crippen molar-refractivity contribution in [1.82, 2.24) is 0 Å². The van der Waals surface area contributed by atoms with E-state index >= 15 is 0 Å². The quantitative estimate of drug-likeness (QED) is 0.482. The normalized spacial score (nSPS) is 4.50. The fourth-order valence-corrected chi connectivity index (χ4v) is 0. The minimum Gasteiger partial charge on any atom is -0.162 e. The fraction of sp³-hybridized carbons (Fsp3) is 1.00. The van der Waals surface area contributed by atoms with E-state index in [1.165, 1.54) is 0 Å². The second kappa shape index (κ2) is 74.2. The van der Waals surface area contributed by atoms with Crippen LogP contribution >= 0.6 is 8.69 Å². The third-order valence-electron chi connectivity index (χ3n) is 0. The Balaban J connectivity index is -0.0000000275. The van der Waals surface area contributed by atoms with Gasteiger partial charge in [0.05, 0.1) is 0 Å². The monoisotopic (exact) mass is 111 g/mol. The van der Waals surface area contributed by atoms with Crippen LogP contribution in [0.5, 0.6) is 0 Å². The fourth-order valence-electron chi connectivity index (χ4n) is 0. The first kappa shape index (κ1) is 16.6. The van der Waals surface area contributed by atoms with Gasteiger partial charge in [-0.05, 0) is 4.57 Å². The molecule has 0 spiro atoms. The highest BCUT2D eigenvalue weighted by Crippen LogP contribution is 1.66. The molecule has 0 heterocycles. The van der Waals surface area contributed by atoms with Gasteiger partial charge < -0.3 is 0 Å². The Morgan fingerprint density at radius 3 is 1.50 bits per heavy atom. The molecule has 0 saturated heterocycles. The first-order valence-corrected chi connectivity index (χ1v) is 2.28. The molecule has 0 fully saturated rings. The van der Waals surface area contributed by atoms with E-state index in [2.05, 4.69) is 0 Å². The zero-order chi connectivity index (χ0) is 4.71. The Hall–Kier alpha value is 0.0600. The maximum atomic E-state index is 8.51. The van der Waals surface area contributed by atoms with Gasteiger partial charge in [0.1, 0.15) is 0 Å². The summed E-state index contributed by atoms with van der Waals surface area (Å²) in [5, 5.41) is 0. The Morgan fingerprint density at radius 2 is 1.50 bits per heavy atom. The summed E-state index contributed by atoms with van der Waals surface area (Å²) in [5.41, 5.74) is 0. The van der Waals surface area contributed by atoms with E-state index in [1.54, 1.807) is 0 Å². The van der Waals surface area contributed by atoms with E-state index in [-0.39, 0.29) is 7.43 Å². The van der Waals surface area contributed by atoms with Crippen LogP contribution in [0.15, 0.2) is 0 Å². The maximum absolute atomic E-state index is 8.51. The van der Waals surface area contributed by atoms with Crippen molar-refractivity contribution in [3.63, 3.8) is 0 Å². The van der Waals surface area contributed by atoms with Crippen LogP contribution < -0.4 is 0 Å². The predicted octanol–water partition coefficient (Wildman–Crippen LogP) is 1.58. The van der Waals surface area contributed by atoms with Gasteiger partial charge in [0.15, 0.2) is 0 Å². The Kier molecular flexibility index (Phi) is 205. The standard InChI is InChI=1S/C2H6.CH4.HO2P/c1-2;;1-3-2/h1-2H3;1H4;3H/p+1. The van der Waals surface area contributed by atoms with Crippen molar-refractivity contribution < 1.29 is 9.46 Å². The summed E-state index contributed by atoms with van der Waals surface area (Å²) in [4.78, 5) is 7.04. The summed E-state index contributed by atoms with van der Waals surface area (Å²) in [6, 6.07) is 0. The molecule has 0 amide bonds. The van der Waals surface area contributed by atoms with Crippen LogP contribution in [0.2, 0.25) is 0 Å². The van der Waals surface area contributed by atoms with Crippen molar-refractivity contribution in [2.75, 3.05) is 0 Å². The number of rotatable bonds is 0. The van der Waals surface area contributed by atoms with E-state index in [4.69, 9.17) is 9.46 Å². The minimum absolute atomic E-state index is 0. The van der Waals surface area contributed by atoms with Crippen LogP contribution in [-0.2, 0) is 4.57 Å². The molecule has 1 atom stereocenters. The number of hydrogen-bond acceptors (Lipinski definition) is 1. The van der Waals surface area contributed by atoms with Gasteiger partial charge in [0.2, 0.25) is 0 Å². The maximum Gasteiger partial charge on any atom is 0.491 e. The largest absolute Gasteiger partial charge is 0.491 e.